The van der Waals surface area contributed by atoms with Gasteiger partial charge in [-0.15, -0.1) is 0 Å². The molecule has 1 unspecified atom stereocenters. The molecule has 0 radical (unpaired) electrons. The number of nitrogens with one attached hydrogen (secondary N) is 1. The van der Waals surface area contributed by atoms with Crippen molar-refractivity contribution in [1.29, 1.82) is 0 Å². The number of aliphatic hydroxyl groups is 1. The normalized spacial score (nSPS) is 16.3. The van der Waals surface area contributed by atoms with E-state index < -0.39 is 12.0 Å². The number of H-pyrrole nitrogens is 1. The Morgan fingerprint density at radius 3 is 2.64 bits per heavy atom. The monoisotopic (exact) mass is 541 g/mol. The van der Waals surface area contributed by atoms with Crippen molar-refractivity contribution in [3.8, 4) is 5.75 Å². The van der Waals surface area contributed by atoms with Crippen LogP contribution in [0.1, 0.15) is 52.7 Å². The van der Waals surface area contributed by atoms with Crippen LogP contribution < -0.4 is 10.3 Å². The van der Waals surface area contributed by atoms with Crippen LogP contribution in [0.4, 0.5) is 0 Å². The van der Waals surface area contributed by atoms with Crippen LogP contribution in [0.5, 0.6) is 5.75 Å². The van der Waals surface area contributed by atoms with Crippen molar-refractivity contribution in [3.63, 3.8) is 0 Å². The molecule has 3 aromatic carbocycles. The molecule has 1 aliphatic carbocycles. The van der Waals surface area contributed by atoms with Gasteiger partial charge in [0.1, 0.15) is 18.2 Å². The zero-order valence-corrected chi connectivity index (χ0v) is 22.0. The molecular formula is C31H28ClN3O4. The summed E-state index contributed by atoms with van der Waals surface area (Å²) in [5.74, 6) is 0.761. The van der Waals surface area contributed by atoms with E-state index in [0.717, 1.165) is 24.0 Å². The topological polar surface area (TPSA) is 95.5 Å². The van der Waals surface area contributed by atoms with E-state index in [1.807, 2.05) is 54.6 Å². The van der Waals surface area contributed by atoms with Crippen LogP contribution in [0.15, 0.2) is 83.7 Å². The Kier molecular flexibility index (Phi) is 6.71. The smallest absolute Gasteiger partial charge is 0.256 e. The van der Waals surface area contributed by atoms with E-state index in [-0.39, 0.29) is 17.5 Å². The number of hydrogen-bond donors (Lipinski definition) is 2. The fourth-order valence-corrected chi connectivity index (χ4v) is 5.43. The summed E-state index contributed by atoms with van der Waals surface area (Å²) >= 11 is 6.22. The first-order valence-corrected chi connectivity index (χ1v) is 13.4. The second kappa shape index (κ2) is 10.3. The largest absolute Gasteiger partial charge is 0.489 e. The lowest BCUT2D eigenvalue weighted by molar-refractivity contribution is -0.141. The lowest BCUT2D eigenvalue weighted by Crippen LogP contribution is -2.42. The van der Waals surface area contributed by atoms with Gasteiger partial charge in [0, 0.05) is 18.0 Å². The number of aliphatic hydroxyl groups excluding tert-OH is 1. The maximum atomic E-state index is 13.3. The van der Waals surface area contributed by atoms with Crippen molar-refractivity contribution in [2.45, 2.75) is 43.9 Å². The molecule has 39 heavy (non-hydrogen) atoms. The van der Waals surface area contributed by atoms with Crippen LogP contribution in [-0.4, -0.2) is 32.4 Å². The van der Waals surface area contributed by atoms with Crippen LogP contribution in [0.3, 0.4) is 0 Å². The highest BCUT2D eigenvalue weighted by molar-refractivity contribution is 6.30. The van der Waals surface area contributed by atoms with Crippen LogP contribution in [0.2, 0.25) is 5.02 Å². The van der Waals surface area contributed by atoms with Crippen LogP contribution >= 0.6 is 11.6 Å². The molecule has 1 aromatic heterocycles. The lowest BCUT2D eigenvalue weighted by Gasteiger charge is -2.30. The molecule has 2 heterocycles. The highest BCUT2D eigenvalue weighted by atomic mass is 35.5. The lowest BCUT2D eigenvalue weighted by atomic mass is 9.94. The standard InChI is InChI=1S/C31H28ClN3O4/c32-23-10-5-9-22(17-23)31(13-14-31)30-33-26-12-15-35(18-25(26)28(37)34-30)29(38)27(36)21-8-4-11-24(16-21)39-19-20-6-2-1-3-7-20/h1-11,16-17,27,36H,12-15,18-19H2,(H,33,34,37). The minimum absolute atomic E-state index is 0.0994. The Labute approximate surface area is 231 Å². The third kappa shape index (κ3) is 5.07. The summed E-state index contributed by atoms with van der Waals surface area (Å²) < 4.78 is 5.86. The number of carbonyl (C=O) groups is 1. The molecule has 1 saturated carbocycles. The summed E-state index contributed by atoms with van der Waals surface area (Å²) in [6.07, 6.45) is 0.854. The van der Waals surface area contributed by atoms with Crippen molar-refractivity contribution in [3.05, 3.63) is 128 Å². The van der Waals surface area contributed by atoms with Gasteiger partial charge in [0.05, 0.1) is 23.2 Å². The van der Waals surface area contributed by atoms with Crippen LogP contribution in [-0.2, 0) is 29.8 Å². The zero-order valence-electron chi connectivity index (χ0n) is 21.3. The molecule has 0 bridgehead atoms. The first kappa shape index (κ1) is 25.3. The van der Waals surface area contributed by atoms with Gasteiger partial charge in [-0.2, -0.15) is 0 Å². The molecule has 2 aliphatic rings. The highest BCUT2D eigenvalue weighted by Gasteiger charge is 2.49. The summed E-state index contributed by atoms with van der Waals surface area (Å²) in [7, 11) is 0. The van der Waals surface area contributed by atoms with E-state index in [9.17, 15) is 14.7 Å². The first-order chi connectivity index (χ1) is 18.9. The molecule has 7 nitrogen and oxygen atoms in total. The SMILES string of the molecule is O=C(C(O)c1cccc(OCc2ccccc2)c1)N1CCc2nc(C3(c4cccc(Cl)c4)CC3)[nH]c(=O)c2C1. The Morgan fingerprint density at radius 1 is 1.08 bits per heavy atom. The molecule has 1 aliphatic heterocycles. The molecule has 1 fully saturated rings. The number of halogens is 1. The highest BCUT2D eigenvalue weighted by Crippen LogP contribution is 2.52. The average molecular weight is 542 g/mol. The Hall–Kier alpha value is -3.94. The fourth-order valence-electron chi connectivity index (χ4n) is 5.24. The van der Waals surface area contributed by atoms with E-state index in [2.05, 4.69) is 4.98 Å². The Balaban J connectivity index is 1.17. The van der Waals surface area contributed by atoms with Gasteiger partial charge in [-0.1, -0.05) is 66.2 Å². The minimum Gasteiger partial charge on any atom is -0.489 e. The fraction of sp³-hybridized carbons (Fsp3) is 0.258. The molecule has 0 spiro atoms. The van der Waals surface area contributed by atoms with Gasteiger partial charge in [-0.05, 0) is 53.8 Å². The van der Waals surface area contributed by atoms with Crippen molar-refractivity contribution in [2.75, 3.05) is 6.54 Å². The molecule has 6 rings (SSSR count). The predicted molar refractivity (Wildman–Crippen MR) is 148 cm³/mol. The number of hydrogen-bond acceptors (Lipinski definition) is 5. The number of carbonyl (C=O) groups excluding carboxylic acids is 1. The minimum atomic E-state index is -1.37. The van der Waals surface area contributed by atoms with Crippen LogP contribution in [0, 0.1) is 0 Å². The van der Waals surface area contributed by atoms with Crippen molar-refractivity contribution >= 4 is 17.5 Å². The van der Waals surface area contributed by atoms with Crippen molar-refractivity contribution < 1.29 is 14.6 Å². The van der Waals surface area contributed by atoms with Gasteiger partial charge in [-0.3, -0.25) is 9.59 Å². The number of nitrogens with zero attached hydrogens (tertiary/aromatic N) is 2. The molecule has 0 saturated heterocycles. The summed E-state index contributed by atoms with van der Waals surface area (Å²) in [4.78, 5) is 35.8. The molecule has 4 aromatic rings. The number of fused-ring (bicyclic) bond motifs is 1. The van der Waals surface area contributed by atoms with E-state index in [1.54, 1.807) is 24.3 Å². The van der Waals surface area contributed by atoms with Gasteiger partial charge >= 0.3 is 0 Å². The second-order valence-corrected chi connectivity index (χ2v) is 10.6. The summed E-state index contributed by atoms with van der Waals surface area (Å²) in [6.45, 7) is 0.850. The number of aromatic nitrogens is 2. The van der Waals surface area contributed by atoms with Gasteiger partial charge < -0.3 is 19.7 Å². The number of benzene rings is 3. The first-order valence-electron chi connectivity index (χ1n) is 13.1. The van der Waals surface area contributed by atoms with E-state index in [0.29, 0.717) is 53.0 Å². The Morgan fingerprint density at radius 2 is 1.87 bits per heavy atom. The third-order valence-electron chi connectivity index (χ3n) is 7.62. The zero-order chi connectivity index (χ0) is 27.0. The number of ether oxygens (including phenoxy) is 1. The predicted octanol–water partition coefficient (Wildman–Crippen LogP) is 4.70. The van der Waals surface area contributed by atoms with Crippen molar-refractivity contribution in [2.24, 2.45) is 0 Å². The maximum Gasteiger partial charge on any atom is 0.256 e. The van der Waals surface area contributed by atoms with Crippen molar-refractivity contribution in [1.82, 2.24) is 14.9 Å². The Bertz CT molecular complexity index is 1580. The van der Waals surface area contributed by atoms with Gasteiger partial charge in [0.25, 0.3) is 11.5 Å². The van der Waals surface area contributed by atoms with Gasteiger partial charge in [0.2, 0.25) is 0 Å². The quantitative estimate of drug-likeness (QED) is 0.353. The summed E-state index contributed by atoms with van der Waals surface area (Å²) in [6, 6.07) is 24.4. The molecule has 8 heteroatoms. The molecule has 1 amide bonds. The summed E-state index contributed by atoms with van der Waals surface area (Å²) in [5.41, 5.74) is 3.11. The molecule has 1 atom stereocenters. The number of amides is 1. The van der Waals surface area contributed by atoms with Crippen LogP contribution in [0.25, 0.3) is 0 Å². The molecular weight excluding hydrogens is 514 g/mol. The van der Waals surface area contributed by atoms with E-state index >= 15 is 0 Å². The van der Waals surface area contributed by atoms with E-state index in [4.69, 9.17) is 21.3 Å². The number of aromatic amines is 1. The van der Waals surface area contributed by atoms with Gasteiger partial charge in [0.15, 0.2) is 6.10 Å². The third-order valence-corrected chi connectivity index (χ3v) is 7.85. The number of rotatable bonds is 7. The molecule has 198 valence electrons. The molecule has 2 N–H and O–H groups in total. The second-order valence-electron chi connectivity index (χ2n) is 10.2. The maximum absolute atomic E-state index is 13.3. The van der Waals surface area contributed by atoms with E-state index in [1.165, 1.54) is 4.90 Å². The summed E-state index contributed by atoms with van der Waals surface area (Å²) in [5, 5.41) is 11.6. The van der Waals surface area contributed by atoms with Gasteiger partial charge in [-0.25, -0.2) is 4.98 Å². The average Bonchev–Trinajstić information content (AvgIpc) is 3.78.